The van der Waals surface area contributed by atoms with Crippen LogP contribution < -0.4 is 0 Å². The van der Waals surface area contributed by atoms with Gasteiger partial charge in [-0.05, 0) is 61.3 Å². The first-order valence-electron chi connectivity index (χ1n) is 10.9. The van der Waals surface area contributed by atoms with E-state index in [0.29, 0.717) is 5.92 Å². The average Bonchev–Trinajstić information content (AvgIpc) is 2.82. The van der Waals surface area contributed by atoms with Crippen LogP contribution in [0.25, 0.3) is 54.3 Å². The molecule has 0 atom stereocenters. The number of hydrogen-bond donors (Lipinski definition) is 0. The smallest absolute Gasteiger partial charge is 0.0715 e. The van der Waals surface area contributed by atoms with Gasteiger partial charge in [-0.25, -0.2) is 0 Å². The van der Waals surface area contributed by atoms with Gasteiger partial charge in [0.05, 0.1) is 5.69 Å². The van der Waals surface area contributed by atoms with Crippen LogP contribution in [0, 0.1) is 0 Å². The van der Waals surface area contributed by atoms with Crippen molar-refractivity contribution in [2.75, 3.05) is 0 Å². The van der Waals surface area contributed by atoms with Crippen LogP contribution in [0.15, 0.2) is 97.2 Å². The van der Waals surface area contributed by atoms with Crippen LogP contribution >= 0.6 is 0 Å². The second-order valence-corrected chi connectivity index (χ2v) is 8.68. The molecule has 0 saturated heterocycles. The Balaban J connectivity index is 1.66. The first kappa shape index (κ1) is 18.1. The molecule has 0 spiro atoms. The van der Waals surface area contributed by atoms with Gasteiger partial charge in [-0.2, -0.15) is 0 Å². The Labute approximate surface area is 182 Å². The summed E-state index contributed by atoms with van der Waals surface area (Å²) in [6.45, 7) is 4.49. The van der Waals surface area contributed by atoms with Crippen LogP contribution in [-0.4, -0.2) is 4.98 Å². The molecule has 0 bridgehead atoms. The van der Waals surface area contributed by atoms with Gasteiger partial charge in [0.2, 0.25) is 0 Å². The van der Waals surface area contributed by atoms with Gasteiger partial charge >= 0.3 is 0 Å². The molecular weight excluding hydrogens is 374 g/mol. The highest BCUT2D eigenvalue weighted by atomic mass is 14.7. The predicted octanol–water partition coefficient (Wildman–Crippen LogP) is 8.48. The number of benzene rings is 5. The number of nitrogens with zero attached hydrogens (tertiary/aromatic N) is 1. The molecule has 1 nitrogen and oxygen atoms in total. The Bertz CT molecular complexity index is 1610. The van der Waals surface area contributed by atoms with Crippen molar-refractivity contribution in [3.8, 4) is 11.3 Å². The van der Waals surface area contributed by atoms with Gasteiger partial charge in [0.1, 0.15) is 0 Å². The second-order valence-electron chi connectivity index (χ2n) is 8.68. The SMILES string of the molecule is CC(C)c1ccc2c(ccc3cnc(-c4cc5ccccc5c5ccccc45)cc32)c1. The summed E-state index contributed by atoms with van der Waals surface area (Å²) in [5, 5.41) is 10.1. The molecule has 1 heterocycles. The van der Waals surface area contributed by atoms with Crippen molar-refractivity contribution in [3.63, 3.8) is 0 Å². The fraction of sp³-hybridized carbons (Fsp3) is 0.100. The van der Waals surface area contributed by atoms with E-state index in [2.05, 4.69) is 105 Å². The molecule has 0 saturated carbocycles. The molecule has 0 N–H and O–H groups in total. The van der Waals surface area contributed by atoms with Gasteiger partial charge in [-0.15, -0.1) is 0 Å². The van der Waals surface area contributed by atoms with E-state index >= 15 is 0 Å². The minimum Gasteiger partial charge on any atom is -0.256 e. The van der Waals surface area contributed by atoms with Crippen molar-refractivity contribution < 1.29 is 0 Å². The first-order chi connectivity index (χ1) is 15.2. The molecule has 0 unspecified atom stereocenters. The number of fused-ring (bicyclic) bond motifs is 6. The highest BCUT2D eigenvalue weighted by Gasteiger charge is 2.11. The lowest BCUT2D eigenvalue weighted by Crippen LogP contribution is -1.90. The Hall–Kier alpha value is -3.71. The molecule has 0 aliphatic carbocycles. The Morgan fingerprint density at radius 3 is 2.06 bits per heavy atom. The third-order valence-electron chi connectivity index (χ3n) is 6.45. The van der Waals surface area contributed by atoms with E-state index < -0.39 is 0 Å². The molecule has 148 valence electrons. The number of aromatic nitrogens is 1. The topological polar surface area (TPSA) is 12.9 Å². The number of rotatable bonds is 2. The van der Waals surface area contributed by atoms with Crippen molar-refractivity contribution >= 4 is 43.1 Å². The molecule has 0 fully saturated rings. The van der Waals surface area contributed by atoms with Gasteiger partial charge in [0.25, 0.3) is 0 Å². The largest absolute Gasteiger partial charge is 0.256 e. The van der Waals surface area contributed by atoms with Crippen molar-refractivity contribution in [1.29, 1.82) is 0 Å². The fourth-order valence-electron chi connectivity index (χ4n) is 4.75. The summed E-state index contributed by atoms with van der Waals surface area (Å²) < 4.78 is 0. The summed E-state index contributed by atoms with van der Waals surface area (Å²) in [7, 11) is 0. The van der Waals surface area contributed by atoms with Crippen molar-refractivity contribution in [1.82, 2.24) is 4.98 Å². The second kappa shape index (κ2) is 6.92. The minimum atomic E-state index is 0.525. The summed E-state index contributed by atoms with van der Waals surface area (Å²) in [5.41, 5.74) is 3.59. The zero-order chi connectivity index (χ0) is 20.9. The van der Waals surface area contributed by atoms with Crippen molar-refractivity contribution in [2.24, 2.45) is 0 Å². The molecule has 0 amide bonds. The highest BCUT2D eigenvalue weighted by molar-refractivity contribution is 6.14. The van der Waals surface area contributed by atoms with E-state index in [1.807, 2.05) is 6.20 Å². The number of pyridine rings is 1. The van der Waals surface area contributed by atoms with Gasteiger partial charge in [0, 0.05) is 17.1 Å². The maximum atomic E-state index is 4.89. The van der Waals surface area contributed by atoms with Crippen molar-refractivity contribution in [3.05, 3.63) is 103 Å². The Kier molecular flexibility index (Phi) is 4.04. The zero-order valence-electron chi connectivity index (χ0n) is 17.8. The standard InChI is InChI=1S/C30H23N/c1-19(2)20-13-14-25-22(15-20)11-12-23-18-31-30(17-28(23)25)29-16-21-7-3-4-8-24(21)26-9-5-6-10-27(26)29/h3-19H,1-2H3. The monoisotopic (exact) mass is 397 g/mol. The molecule has 1 heteroatoms. The molecule has 6 aromatic rings. The summed E-state index contributed by atoms with van der Waals surface area (Å²) in [6.07, 6.45) is 2.02. The van der Waals surface area contributed by atoms with E-state index in [1.165, 1.54) is 54.2 Å². The molecule has 31 heavy (non-hydrogen) atoms. The minimum absolute atomic E-state index is 0.525. The third-order valence-corrected chi connectivity index (χ3v) is 6.45. The van der Waals surface area contributed by atoms with E-state index in [9.17, 15) is 0 Å². The maximum Gasteiger partial charge on any atom is 0.0715 e. The Morgan fingerprint density at radius 2 is 1.23 bits per heavy atom. The normalized spacial score (nSPS) is 11.8. The fourth-order valence-corrected chi connectivity index (χ4v) is 4.75. The lowest BCUT2D eigenvalue weighted by Gasteiger charge is -2.12. The first-order valence-corrected chi connectivity index (χ1v) is 10.9. The molecule has 0 aliphatic heterocycles. The van der Waals surface area contributed by atoms with Crippen molar-refractivity contribution in [2.45, 2.75) is 19.8 Å². The zero-order valence-corrected chi connectivity index (χ0v) is 17.8. The lowest BCUT2D eigenvalue weighted by molar-refractivity contribution is 0.869. The summed E-state index contributed by atoms with van der Waals surface area (Å²) in [5.74, 6) is 0.525. The summed E-state index contributed by atoms with van der Waals surface area (Å²) >= 11 is 0. The average molecular weight is 398 g/mol. The van der Waals surface area contributed by atoms with Crippen LogP contribution in [0.3, 0.4) is 0 Å². The maximum absolute atomic E-state index is 4.89. The molecule has 0 radical (unpaired) electrons. The lowest BCUT2D eigenvalue weighted by atomic mass is 9.93. The third kappa shape index (κ3) is 2.89. The molecular formula is C30H23N. The van der Waals surface area contributed by atoms with Gasteiger partial charge in [-0.1, -0.05) is 92.7 Å². The summed E-state index contributed by atoms with van der Waals surface area (Å²) in [6, 6.07) is 33.1. The van der Waals surface area contributed by atoms with Crippen LogP contribution in [0.1, 0.15) is 25.3 Å². The highest BCUT2D eigenvalue weighted by Crippen LogP contribution is 2.36. The van der Waals surface area contributed by atoms with Crippen LogP contribution in [-0.2, 0) is 0 Å². The van der Waals surface area contributed by atoms with Gasteiger partial charge in [-0.3, -0.25) is 4.98 Å². The summed E-state index contributed by atoms with van der Waals surface area (Å²) in [4.78, 5) is 4.89. The van der Waals surface area contributed by atoms with Gasteiger partial charge in [0.15, 0.2) is 0 Å². The van der Waals surface area contributed by atoms with E-state index in [-0.39, 0.29) is 0 Å². The van der Waals surface area contributed by atoms with E-state index in [4.69, 9.17) is 4.98 Å². The van der Waals surface area contributed by atoms with E-state index in [1.54, 1.807) is 0 Å². The van der Waals surface area contributed by atoms with Gasteiger partial charge < -0.3 is 0 Å². The van der Waals surface area contributed by atoms with Crippen LogP contribution in [0.5, 0.6) is 0 Å². The number of hydrogen-bond acceptors (Lipinski definition) is 1. The molecule has 5 aromatic carbocycles. The molecule has 6 rings (SSSR count). The molecule has 1 aromatic heterocycles. The van der Waals surface area contributed by atoms with Crippen LogP contribution in [0.2, 0.25) is 0 Å². The predicted molar refractivity (Wildman–Crippen MR) is 134 cm³/mol. The molecule has 0 aliphatic rings. The van der Waals surface area contributed by atoms with Crippen LogP contribution in [0.4, 0.5) is 0 Å². The quantitative estimate of drug-likeness (QED) is 0.267. The Morgan fingerprint density at radius 1 is 0.548 bits per heavy atom. The van der Waals surface area contributed by atoms with E-state index in [0.717, 1.165) is 5.69 Å².